The molecule has 0 bridgehead atoms. The van der Waals surface area contributed by atoms with Gasteiger partial charge < -0.3 is 10.8 Å². The van der Waals surface area contributed by atoms with Crippen molar-refractivity contribution in [3.63, 3.8) is 0 Å². The summed E-state index contributed by atoms with van der Waals surface area (Å²) in [6.07, 6.45) is -0.0885. The van der Waals surface area contributed by atoms with Gasteiger partial charge in [-0.15, -0.1) is 0 Å². The van der Waals surface area contributed by atoms with E-state index in [0.29, 0.717) is 12.8 Å². The summed E-state index contributed by atoms with van der Waals surface area (Å²) in [4.78, 5) is 10.4. The molecule has 0 spiro atoms. The normalized spacial score (nSPS) is 14.3. The zero-order valence-electron chi connectivity index (χ0n) is 9.90. The first kappa shape index (κ1) is 13.6. The predicted molar refractivity (Wildman–Crippen MR) is 64.5 cm³/mol. The molecule has 2 atom stereocenters. The van der Waals surface area contributed by atoms with Crippen molar-refractivity contribution >= 4 is 5.97 Å². The highest BCUT2D eigenvalue weighted by Crippen LogP contribution is 2.18. The Morgan fingerprint density at radius 3 is 2.82 bits per heavy atom. The van der Waals surface area contributed by atoms with Crippen molar-refractivity contribution in [3.8, 4) is 0 Å². The van der Waals surface area contributed by atoms with Gasteiger partial charge in [0.1, 0.15) is 6.17 Å². The number of carboxylic acids is 1. The molecule has 3 nitrogen and oxygen atoms in total. The van der Waals surface area contributed by atoms with Gasteiger partial charge in [0.2, 0.25) is 0 Å². The van der Waals surface area contributed by atoms with E-state index in [0.717, 1.165) is 11.1 Å². The number of halogens is 1. The van der Waals surface area contributed by atoms with Gasteiger partial charge in [-0.3, -0.25) is 4.79 Å². The summed E-state index contributed by atoms with van der Waals surface area (Å²) < 4.78 is 12.9. The zero-order chi connectivity index (χ0) is 12.8. The number of hydrogen-bond acceptors (Lipinski definition) is 2. The van der Waals surface area contributed by atoms with Gasteiger partial charge in [0.05, 0.1) is 0 Å². The molecule has 0 aliphatic heterocycles. The SMILES string of the molecule is CC(F)Cc1cccc(C(N)CCC(=O)O)c1. The Labute approximate surface area is 100 Å². The lowest BCUT2D eigenvalue weighted by atomic mass is 9.99. The fourth-order valence-electron chi connectivity index (χ4n) is 1.72. The molecule has 0 saturated carbocycles. The van der Waals surface area contributed by atoms with Gasteiger partial charge >= 0.3 is 5.97 Å². The number of rotatable bonds is 6. The van der Waals surface area contributed by atoms with Gasteiger partial charge in [-0.05, 0) is 24.5 Å². The average molecular weight is 239 g/mol. The number of hydrogen-bond donors (Lipinski definition) is 2. The zero-order valence-corrected chi connectivity index (χ0v) is 9.90. The van der Waals surface area contributed by atoms with Crippen molar-refractivity contribution in [1.82, 2.24) is 0 Å². The van der Waals surface area contributed by atoms with Crippen LogP contribution in [0, 0.1) is 0 Å². The molecule has 0 heterocycles. The summed E-state index contributed by atoms with van der Waals surface area (Å²) in [5, 5.41) is 8.58. The van der Waals surface area contributed by atoms with Crippen LogP contribution in [0.15, 0.2) is 24.3 Å². The molecule has 94 valence electrons. The van der Waals surface area contributed by atoms with E-state index in [1.165, 1.54) is 6.92 Å². The quantitative estimate of drug-likeness (QED) is 0.801. The highest BCUT2D eigenvalue weighted by molar-refractivity contribution is 5.66. The minimum absolute atomic E-state index is 0.0465. The summed E-state index contributed by atoms with van der Waals surface area (Å²) >= 11 is 0. The topological polar surface area (TPSA) is 63.3 Å². The number of benzene rings is 1. The van der Waals surface area contributed by atoms with Crippen LogP contribution in [-0.2, 0) is 11.2 Å². The maximum Gasteiger partial charge on any atom is 0.303 e. The van der Waals surface area contributed by atoms with Crippen LogP contribution in [0.2, 0.25) is 0 Å². The van der Waals surface area contributed by atoms with Crippen molar-refractivity contribution in [1.29, 1.82) is 0 Å². The average Bonchev–Trinajstić information content (AvgIpc) is 2.25. The van der Waals surface area contributed by atoms with E-state index in [2.05, 4.69) is 0 Å². The Morgan fingerprint density at radius 2 is 2.24 bits per heavy atom. The van der Waals surface area contributed by atoms with Crippen molar-refractivity contribution in [2.45, 2.75) is 38.4 Å². The number of carboxylic acid groups (broad SMARTS) is 1. The molecule has 3 N–H and O–H groups in total. The van der Waals surface area contributed by atoms with Crippen LogP contribution >= 0.6 is 0 Å². The monoisotopic (exact) mass is 239 g/mol. The van der Waals surface area contributed by atoms with Gasteiger partial charge in [0, 0.05) is 18.9 Å². The van der Waals surface area contributed by atoms with Gasteiger partial charge in [-0.25, -0.2) is 4.39 Å². The molecule has 1 aromatic carbocycles. The summed E-state index contributed by atoms with van der Waals surface area (Å²) in [7, 11) is 0. The first-order valence-electron chi connectivity index (χ1n) is 5.69. The second-order valence-electron chi connectivity index (χ2n) is 4.27. The molecule has 0 radical (unpaired) electrons. The summed E-state index contributed by atoms with van der Waals surface area (Å²) in [5.74, 6) is -0.853. The molecule has 0 fully saturated rings. The number of alkyl halides is 1. The van der Waals surface area contributed by atoms with Gasteiger partial charge in [0.15, 0.2) is 0 Å². The third kappa shape index (κ3) is 4.95. The van der Waals surface area contributed by atoms with Crippen LogP contribution in [0.5, 0.6) is 0 Å². The third-order valence-electron chi connectivity index (χ3n) is 2.57. The van der Waals surface area contributed by atoms with Gasteiger partial charge in [0.25, 0.3) is 0 Å². The molecule has 4 heteroatoms. The standard InChI is InChI=1S/C13H18FNO2/c1-9(14)7-10-3-2-4-11(8-10)12(15)5-6-13(16)17/h2-4,8-9,12H,5-7,15H2,1H3,(H,16,17). The fraction of sp³-hybridized carbons (Fsp3) is 0.462. The minimum atomic E-state index is -0.888. The first-order valence-corrected chi connectivity index (χ1v) is 5.69. The molecule has 1 rings (SSSR count). The molecule has 0 aliphatic carbocycles. The van der Waals surface area contributed by atoms with Crippen LogP contribution in [-0.4, -0.2) is 17.2 Å². The van der Waals surface area contributed by atoms with Crippen LogP contribution in [0.25, 0.3) is 0 Å². The molecular weight excluding hydrogens is 221 g/mol. The summed E-state index contributed by atoms with van der Waals surface area (Å²) in [6, 6.07) is 7.07. The Morgan fingerprint density at radius 1 is 1.53 bits per heavy atom. The smallest absolute Gasteiger partial charge is 0.303 e. The number of carbonyl (C=O) groups is 1. The third-order valence-corrected chi connectivity index (χ3v) is 2.57. The van der Waals surface area contributed by atoms with E-state index in [1.807, 2.05) is 24.3 Å². The fourth-order valence-corrected chi connectivity index (χ4v) is 1.72. The van der Waals surface area contributed by atoms with E-state index in [9.17, 15) is 9.18 Å². The van der Waals surface area contributed by atoms with Crippen molar-refractivity contribution in [2.24, 2.45) is 5.73 Å². The van der Waals surface area contributed by atoms with Crippen molar-refractivity contribution < 1.29 is 14.3 Å². The summed E-state index contributed by atoms with van der Waals surface area (Å²) in [5.41, 5.74) is 7.64. The molecule has 1 aromatic rings. The largest absolute Gasteiger partial charge is 0.481 e. The molecular formula is C13H18FNO2. The predicted octanol–water partition coefficient (Wildman–Crippen LogP) is 2.45. The lowest BCUT2D eigenvalue weighted by molar-refractivity contribution is -0.137. The van der Waals surface area contributed by atoms with Crippen LogP contribution in [0.1, 0.15) is 36.9 Å². The van der Waals surface area contributed by atoms with E-state index < -0.39 is 12.1 Å². The van der Waals surface area contributed by atoms with Crippen LogP contribution < -0.4 is 5.73 Å². The maximum atomic E-state index is 12.9. The second kappa shape index (κ2) is 6.35. The van der Waals surface area contributed by atoms with Crippen LogP contribution in [0.3, 0.4) is 0 Å². The molecule has 0 aliphatic rings. The van der Waals surface area contributed by atoms with Crippen LogP contribution in [0.4, 0.5) is 4.39 Å². The highest BCUT2D eigenvalue weighted by atomic mass is 19.1. The Balaban J connectivity index is 2.66. The molecule has 0 saturated heterocycles. The Kier molecular flexibility index (Phi) is 5.10. The lowest BCUT2D eigenvalue weighted by Crippen LogP contribution is -2.12. The first-order chi connectivity index (χ1) is 7.99. The summed E-state index contributed by atoms with van der Waals surface area (Å²) in [6.45, 7) is 1.51. The van der Waals surface area contributed by atoms with Crippen molar-refractivity contribution in [2.75, 3.05) is 0 Å². The van der Waals surface area contributed by atoms with E-state index in [1.54, 1.807) is 0 Å². The van der Waals surface area contributed by atoms with Gasteiger partial charge in [-0.2, -0.15) is 0 Å². The number of aliphatic carboxylic acids is 1. The molecule has 2 unspecified atom stereocenters. The Bertz CT molecular complexity index is 379. The number of nitrogens with two attached hydrogens (primary N) is 1. The molecule has 17 heavy (non-hydrogen) atoms. The maximum absolute atomic E-state index is 12.9. The Hall–Kier alpha value is -1.42. The minimum Gasteiger partial charge on any atom is -0.481 e. The van der Waals surface area contributed by atoms with Crippen molar-refractivity contribution in [3.05, 3.63) is 35.4 Å². The lowest BCUT2D eigenvalue weighted by Gasteiger charge is -2.12. The van der Waals surface area contributed by atoms with E-state index in [-0.39, 0.29) is 12.5 Å². The molecule has 0 amide bonds. The molecule has 0 aromatic heterocycles. The van der Waals surface area contributed by atoms with E-state index in [4.69, 9.17) is 10.8 Å². The second-order valence-corrected chi connectivity index (χ2v) is 4.27. The van der Waals surface area contributed by atoms with Gasteiger partial charge in [-0.1, -0.05) is 24.3 Å². The van der Waals surface area contributed by atoms with E-state index >= 15 is 0 Å². The highest BCUT2D eigenvalue weighted by Gasteiger charge is 2.09.